The summed E-state index contributed by atoms with van der Waals surface area (Å²) in [7, 11) is 0. The monoisotopic (exact) mass is 421 g/mol. The molecule has 9 nitrogen and oxygen atoms in total. The van der Waals surface area contributed by atoms with Gasteiger partial charge in [-0.05, 0) is 32.1 Å². The minimum atomic E-state index is -0.674. The molecule has 0 saturated heterocycles. The first-order valence-corrected chi connectivity index (χ1v) is 10.5. The molecular weight excluding hydrogens is 390 g/mol. The van der Waals surface area contributed by atoms with Crippen LogP contribution in [-0.4, -0.2) is 52.7 Å². The van der Waals surface area contributed by atoms with Gasteiger partial charge >= 0.3 is 17.9 Å². The maximum atomic E-state index is 12.5. The number of terminal acetylenes is 1. The van der Waals surface area contributed by atoms with E-state index in [0.717, 1.165) is 38.5 Å². The molecule has 0 aliphatic rings. The summed E-state index contributed by atoms with van der Waals surface area (Å²) in [6.07, 6.45) is 11.2. The Kier molecular flexibility index (Phi) is 12.6. The first kappa shape index (κ1) is 25.1. The van der Waals surface area contributed by atoms with Crippen molar-refractivity contribution in [1.29, 1.82) is 0 Å². The molecule has 1 aromatic heterocycles. The van der Waals surface area contributed by atoms with Crippen molar-refractivity contribution in [3.8, 4) is 12.3 Å². The maximum absolute atomic E-state index is 12.5. The fourth-order valence-electron chi connectivity index (χ4n) is 2.49. The summed E-state index contributed by atoms with van der Waals surface area (Å²) in [5, 5.41) is 7.82. The van der Waals surface area contributed by atoms with Gasteiger partial charge in [0.05, 0.1) is 19.8 Å². The largest absolute Gasteiger partial charge is 0.461 e. The zero-order chi connectivity index (χ0) is 22.2. The summed E-state index contributed by atoms with van der Waals surface area (Å²) < 4.78 is 16.6. The molecule has 1 rings (SSSR count). The highest BCUT2D eigenvalue weighted by molar-refractivity contribution is 6.00. The van der Waals surface area contributed by atoms with Gasteiger partial charge in [-0.1, -0.05) is 38.3 Å². The molecule has 1 heterocycles. The Morgan fingerprint density at radius 1 is 0.867 bits per heavy atom. The van der Waals surface area contributed by atoms with Crippen molar-refractivity contribution in [2.24, 2.45) is 0 Å². The molecule has 0 unspecified atom stereocenters. The minimum Gasteiger partial charge on any atom is -0.461 e. The lowest BCUT2D eigenvalue weighted by molar-refractivity contribution is -0.136. The number of carbonyl (C=O) groups excluding carboxylic acids is 3. The smallest absolute Gasteiger partial charge is 0.384 e. The second kappa shape index (κ2) is 15.0. The van der Waals surface area contributed by atoms with Crippen molar-refractivity contribution in [3.05, 3.63) is 11.4 Å². The van der Waals surface area contributed by atoms with Crippen LogP contribution in [0, 0.1) is 12.3 Å². The number of hydrogen-bond donors (Lipinski definition) is 0. The number of unbranched alkanes of at least 4 members (excludes halogenated alkanes) is 5. The summed E-state index contributed by atoms with van der Waals surface area (Å²) in [5.41, 5.74) is -0.0932. The number of esters is 3. The van der Waals surface area contributed by atoms with Crippen LogP contribution in [0.4, 0.5) is 0 Å². The van der Waals surface area contributed by atoms with E-state index in [1.165, 1.54) is 4.68 Å². The Morgan fingerprint density at radius 2 is 1.47 bits per heavy atom. The highest BCUT2D eigenvalue weighted by Gasteiger charge is 2.27. The van der Waals surface area contributed by atoms with Crippen molar-refractivity contribution in [3.63, 3.8) is 0 Å². The van der Waals surface area contributed by atoms with Gasteiger partial charge in [0, 0.05) is 12.5 Å². The van der Waals surface area contributed by atoms with Gasteiger partial charge in [-0.25, -0.2) is 19.1 Å². The van der Waals surface area contributed by atoms with E-state index in [1.807, 2.05) is 19.8 Å². The predicted octanol–water partition coefficient (Wildman–Crippen LogP) is 2.93. The molecule has 0 aliphatic heterocycles. The van der Waals surface area contributed by atoms with E-state index in [2.05, 4.69) is 10.3 Å². The molecule has 0 N–H and O–H groups in total. The van der Waals surface area contributed by atoms with Crippen LogP contribution in [0.2, 0.25) is 0 Å². The number of aryl methyl sites for hydroxylation is 1. The van der Waals surface area contributed by atoms with E-state index in [9.17, 15) is 14.4 Å². The van der Waals surface area contributed by atoms with E-state index in [0.29, 0.717) is 19.4 Å². The molecule has 30 heavy (non-hydrogen) atoms. The normalized spacial score (nSPS) is 10.3. The number of nitrogens with zero attached hydrogens (tertiary/aromatic N) is 3. The molecule has 0 aliphatic carbocycles. The summed E-state index contributed by atoms with van der Waals surface area (Å²) in [4.78, 5) is 35.7. The number of ether oxygens (including phenoxy) is 3. The van der Waals surface area contributed by atoms with Crippen molar-refractivity contribution < 1.29 is 28.6 Å². The number of rotatable bonds is 15. The molecule has 1 aromatic rings. The SMILES string of the molecule is C#CC(=O)OCCCCCCn1nnc(C(=O)OCCCC)c1C(=O)OCCCC. The highest BCUT2D eigenvalue weighted by atomic mass is 16.5. The fraction of sp³-hybridized carbons (Fsp3) is 0.667. The average molecular weight is 421 g/mol. The summed E-state index contributed by atoms with van der Waals surface area (Å²) in [5.74, 6) is -0.0764. The van der Waals surface area contributed by atoms with E-state index < -0.39 is 17.9 Å². The van der Waals surface area contributed by atoms with Gasteiger partial charge in [0.25, 0.3) is 0 Å². The molecular formula is C21H31N3O6. The van der Waals surface area contributed by atoms with Crippen LogP contribution in [-0.2, 0) is 25.5 Å². The number of carbonyl (C=O) groups is 3. The second-order valence-corrected chi connectivity index (χ2v) is 6.68. The lowest BCUT2D eigenvalue weighted by atomic mass is 10.2. The van der Waals surface area contributed by atoms with Gasteiger partial charge < -0.3 is 14.2 Å². The maximum Gasteiger partial charge on any atom is 0.384 e. The Morgan fingerprint density at radius 3 is 2.10 bits per heavy atom. The first-order chi connectivity index (χ1) is 14.5. The van der Waals surface area contributed by atoms with Gasteiger partial charge in [-0.3, -0.25) is 0 Å². The zero-order valence-corrected chi connectivity index (χ0v) is 17.9. The molecule has 0 radical (unpaired) electrons. The third-order valence-electron chi connectivity index (χ3n) is 4.20. The Labute approximate surface area is 177 Å². The van der Waals surface area contributed by atoms with Crippen LogP contribution in [0.15, 0.2) is 0 Å². The fourth-order valence-corrected chi connectivity index (χ4v) is 2.49. The van der Waals surface area contributed by atoms with Crippen LogP contribution in [0.25, 0.3) is 0 Å². The third-order valence-corrected chi connectivity index (χ3v) is 4.20. The van der Waals surface area contributed by atoms with E-state index >= 15 is 0 Å². The average Bonchev–Trinajstić information content (AvgIpc) is 3.17. The Balaban J connectivity index is 2.65. The number of aromatic nitrogens is 3. The van der Waals surface area contributed by atoms with Gasteiger partial charge in [0.15, 0.2) is 5.69 Å². The van der Waals surface area contributed by atoms with Gasteiger partial charge in [-0.2, -0.15) is 0 Å². The van der Waals surface area contributed by atoms with E-state index in [4.69, 9.17) is 20.6 Å². The van der Waals surface area contributed by atoms with Gasteiger partial charge in [0.2, 0.25) is 5.69 Å². The lowest BCUT2D eigenvalue weighted by Crippen LogP contribution is -2.19. The van der Waals surface area contributed by atoms with Crippen molar-refractivity contribution >= 4 is 17.9 Å². The Bertz CT molecular complexity index is 723. The van der Waals surface area contributed by atoms with Crippen LogP contribution >= 0.6 is 0 Å². The van der Waals surface area contributed by atoms with Crippen LogP contribution in [0.5, 0.6) is 0 Å². The minimum absolute atomic E-state index is 0.0237. The van der Waals surface area contributed by atoms with Gasteiger partial charge in [-0.15, -0.1) is 11.5 Å². The molecule has 166 valence electrons. The van der Waals surface area contributed by atoms with Crippen LogP contribution < -0.4 is 0 Å². The summed E-state index contributed by atoms with van der Waals surface area (Å²) >= 11 is 0. The van der Waals surface area contributed by atoms with Crippen molar-refractivity contribution in [2.45, 2.75) is 71.8 Å². The van der Waals surface area contributed by atoms with Crippen molar-refractivity contribution in [1.82, 2.24) is 15.0 Å². The molecule has 0 bridgehead atoms. The van der Waals surface area contributed by atoms with E-state index in [1.54, 1.807) is 0 Å². The topological polar surface area (TPSA) is 110 Å². The standard InChI is InChI=1S/C21H31N3O6/c1-4-7-14-29-20(26)18-19(21(27)30-15-8-5-2)24(23-22-18)13-11-9-10-12-16-28-17(25)6-3/h3H,4-5,7-16H2,1-2H3. The predicted molar refractivity (Wildman–Crippen MR) is 109 cm³/mol. The molecule has 0 atom stereocenters. The summed E-state index contributed by atoms with van der Waals surface area (Å²) in [6.45, 7) is 5.17. The molecule has 0 saturated carbocycles. The third kappa shape index (κ3) is 9.07. The van der Waals surface area contributed by atoms with Gasteiger partial charge in [0.1, 0.15) is 0 Å². The molecule has 0 amide bonds. The highest BCUT2D eigenvalue weighted by Crippen LogP contribution is 2.12. The van der Waals surface area contributed by atoms with Crippen LogP contribution in [0.1, 0.15) is 86.2 Å². The zero-order valence-electron chi connectivity index (χ0n) is 17.9. The Hall–Kier alpha value is -2.89. The van der Waals surface area contributed by atoms with Crippen molar-refractivity contribution in [2.75, 3.05) is 19.8 Å². The second-order valence-electron chi connectivity index (χ2n) is 6.68. The quantitative estimate of drug-likeness (QED) is 0.140. The molecule has 0 fully saturated rings. The first-order valence-electron chi connectivity index (χ1n) is 10.5. The summed E-state index contributed by atoms with van der Waals surface area (Å²) in [6, 6.07) is 0. The molecule has 0 aromatic carbocycles. The van der Waals surface area contributed by atoms with Crippen LogP contribution in [0.3, 0.4) is 0 Å². The lowest BCUT2D eigenvalue weighted by Gasteiger charge is -2.08. The van der Waals surface area contributed by atoms with E-state index in [-0.39, 0.29) is 31.2 Å². The molecule has 0 spiro atoms. The molecule has 9 heteroatoms. The number of hydrogen-bond acceptors (Lipinski definition) is 8.